The molecule has 0 heterocycles. The van der Waals surface area contributed by atoms with Gasteiger partial charge in [0.1, 0.15) is 6.29 Å². The molecule has 4 rings (SSSR count). The lowest BCUT2D eigenvalue weighted by Gasteiger charge is -2.62. The van der Waals surface area contributed by atoms with Crippen LogP contribution >= 0.6 is 0 Å². The predicted octanol–water partition coefficient (Wildman–Crippen LogP) is 9.20. The molecule has 4 aliphatic carbocycles. The summed E-state index contributed by atoms with van der Waals surface area (Å²) in [5.74, 6) is 3.21. The molecule has 4 unspecified atom stereocenters. The molecule has 0 saturated heterocycles. The molecule has 2 fully saturated rings. The van der Waals surface area contributed by atoms with Gasteiger partial charge in [-0.15, -0.1) is 0 Å². The number of hydrogen-bond donors (Lipinski definition) is 0. The quantitative estimate of drug-likeness (QED) is 0.283. The second-order valence-electron chi connectivity index (χ2n) is 14.4. The van der Waals surface area contributed by atoms with Crippen LogP contribution < -0.4 is 0 Å². The Morgan fingerprint density at radius 3 is 2.38 bits per heavy atom. The van der Waals surface area contributed by atoms with Gasteiger partial charge in [0.2, 0.25) is 0 Å². The molecule has 190 valence electrons. The molecule has 8 atom stereocenters. The molecule has 0 spiro atoms. The third-order valence-electron chi connectivity index (χ3n) is 12.7. The second-order valence-corrected chi connectivity index (χ2v) is 14.4. The Kier molecular flexibility index (Phi) is 6.48. The standard InChI is InChI=1S/C33H52O/c1-21(2)22(3)11-12-25(20-34)28-19-24(5)33(10)27-13-14-29-30(6,7)23(4)15-17-31(29,8)26(27)16-18-32(28,33)9/h13,16,20-21,23-25,28-29H,3,11-12,14-15,17-19H2,1-2,4-10H3/t23?,24-,25?,28+,29-,31?,32?,33-/m0/s1. The molecular weight excluding hydrogens is 412 g/mol. The van der Waals surface area contributed by atoms with E-state index in [9.17, 15) is 4.79 Å². The van der Waals surface area contributed by atoms with E-state index in [4.69, 9.17) is 0 Å². The van der Waals surface area contributed by atoms with Gasteiger partial charge in [-0.1, -0.05) is 86.6 Å². The number of hydrogen-bond acceptors (Lipinski definition) is 1. The maximum Gasteiger partial charge on any atom is 0.123 e. The van der Waals surface area contributed by atoms with Crippen molar-refractivity contribution in [3.05, 3.63) is 35.5 Å². The van der Waals surface area contributed by atoms with Gasteiger partial charge >= 0.3 is 0 Å². The fourth-order valence-electron chi connectivity index (χ4n) is 9.33. The Morgan fingerprint density at radius 1 is 1.09 bits per heavy atom. The lowest BCUT2D eigenvalue weighted by molar-refractivity contribution is -0.114. The van der Waals surface area contributed by atoms with Crippen LogP contribution in [-0.4, -0.2) is 6.29 Å². The van der Waals surface area contributed by atoms with Crippen LogP contribution in [0.15, 0.2) is 35.5 Å². The van der Waals surface area contributed by atoms with Crippen LogP contribution in [0, 0.1) is 57.2 Å². The van der Waals surface area contributed by atoms with E-state index in [0.29, 0.717) is 28.6 Å². The van der Waals surface area contributed by atoms with Gasteiger partial charge in [-0.2, -0.15) is 0 Å². The Balaban J connectivity index is 1.71. The lowest BCUT2D eigenvalue weighted by atomic mass is 9.42. The average molecular weight is 465 g/mol. The smallest absolute Gasteiger partial charge is 0.123 e. The van der Waals surface area contributed by atoms with Crippen molar-refractivity contribution in [2.24, 2.45) is 57.2 Å². The minimum atomic E-state index is 0.140. The summed E-state index contributed by atoms with van der Waals surface area (Å²) >= 11 is 0. The molecule has 0 radical (unpaired) electrons. The molecular formula is C33H52O. The molecule has 34 heavy (non-hydrogen) atoms. The van der Waals surface area contributed by atoms with Crippen LogP contribution in [0.2, 0.25) is 0 Å². The number of carbonyl (C=O) groups is 1. The zero-order valence-corrected chi connectivity index (χ0v) is 23.8. The first-order valence-electron chi connectivity index (χ1n) is 14.3. The summed E-state index contributed by atoms with van der Waals surface area (Å²) in [5, 5.41) is 0. The third kappa shape index (κ3) is 3.42. The number of allylic oxidation sites excluding steroid dienone is 5. The summed E-state index contributed by atoms with van der Waals surface area (Å²) in [6, 6.07) is 0. The van der Waals surface area contributed by atoms with Gasteiger partial charge in [-0.05, 0) is 102 Å². The summed E-state index contributed by atoms with van der Waals surface area (Å²) in [7, 11) is 0. The van der Waals surface area contributed by atoms with E-state index < -0.39 is 0 Å². The van der Waals surface area contributed by atoms with Crippen LogP contribution in [0.3, 0.4) is 0 Å². The highest BCUT2D eigenvalue weighted by Crippen LogP contribution is 2.73. The van der Waals surface area contributed by atoms with Crippen molar-refractivity contribution in [2.75, 3.05) is 0 Å². The molecule has 0 amide bonds. The monoisotopic (exact) mass is 464 g/mol. The highest BCUT2D eigenvalue weighted by Gasteiger charge is 2.65. The minimum absolute atomic E-state index is 0.140. The average Bonchev–Trinajstić information content (AvgIpc) is 2.98. The summed E-state index contributed by atoms with van der Waals surface area (Å²) in [5.41, 5.74) is 5.61. The molecule has 0 aromatic rings. The van der Waals surface area contributed by atoms with Gasteiger partial charge in [0.15, 0.2) is 0 Å². The first kappa shape index (κ1) is 26.0. The van der Waals surface area contributed by atoms with Crippen LogP contribution in [-0.2, 0) is 4.79 Å². The van der Waals surface area contributed by atoms with Crippen molar-refractivity contribution < 1.29 is 4.79 Å². The molecule has 0 aromatic carbocycles. The van der Waals surface area contributed by atoms with E-state index >= 15 is 0 Å². The Labute approximate surface area is 210 Å². The van der Waals surface area contributed by atoms with E-state index in [-0.39, 0.29) is 16.7 Å². The second kappa shape index (κ2) is 8.48. The molecule has 2 saturated carbocycles. The van der Waals surface area contributed by atoms with Crippen LogP contribution in [0.4, 0.5) is 0 Å². The number of carbonyl (C=O) groups excluding carboxylic acids is 1. The largest absolute Gasteiger partial charge is 0.303 e. The first-order chi connectivity index (χ1) is 15.7. The summed E-state index contributed by atoms with van der Waals surface area (Å²) in [4.78, 5) is 12.5. The van der Waals surface area contributed by atoms with Crippen LogP contribution in [0.25, 0.3) is 0 Å². The van der Waals surface area contributed by atoms with Crippen LogP contribution in [0.5, 0.6) is 0 Å². The molecule has 0 N–H and O–H groups in total. The van der Waals surface area contributed by atoms with Crippen LogP contribution in [0.1, 0.15) is 107 Å². The van der Waals surface area contributed by atoms with Crippen molar-refractivity contribution in [1.82, 2.24) is 0 Å². The molecule has 0 bridgehead atoms. The third-order valence-corrected chi connectivity index (χ3v) is 12.7. The van der Waals surface area contributed by atoms with Crippen molar-refractivity contribution in [1.29, 1.82) is 0 Å². The number of aldehydes is 1. The predicted molar refractivity (Wildman–Crippen MR) is 145 cm³/mol. The zero-order valence-electron chi connectivity index (χ0n) is 23.8. The fourth-order valence-corrected chi connectivity index (χ4v) is 9.33. The Bertz CT molecular complexity index is 902. The van der Waals surface area contributed by atoms with E-state index in [1.165, 1.54) is 37.5 Å². The molecule has 1 heteroatoms. The van der Waals surface area contributed by atoms with Crippen molar-refractivity contribution in [3.8, 4) is 0 Å². The Hall–Kier alpha value is -1.11. The summed E-state index contributed by atoms with van der Waals surface area (Å²) in [6.45, 7) is 26.5. The van der Waals surface area contributed by atoms with Crippen molar-refractivity contribution in [2.45, 2.75) is 107 Å². The fraction of sp³-hybridized carbons (Fsp3) is 0.788. The van der Waals surface area contributed by atoms with Crippen molar-refractivity contribution >= 4 is 6.29 Å². The normalized spacial score (nSPS) is 43.8. The molecule has 0 aromatic heterocycles. The Morgan fingerprint density at radius 2 is 1.76 bits per heavy atom. The summed E-state index contributed by atoms with van der Waals surface area (Å²) in [6.07, 6.45) is 14.8. The minimum Gasteiger partial charge on any atom is -0.303 e. The van der Waals surface area contributed by atoms with E-state index in [1.54, 1.807) is 11.1 Å². The van der Waals surface area contributed by atoms with Gasteiger partial charge in [0.05, 0.1) is 0 Å². The molecule has 1 nitrogen and oxygen atoms in total. The van der Waals surface area contributed by atoms with Gasteiger partial charge in [0.25, 0.3) is 0 Å². The van der Waals surface area contributed by atoms with Gasteiger partial charge < -0.3 is 4.79 Å². The van der Waals surface area contributed by atoms with Crippen molar-refractivity contribution in [3.63, 3.8) is 0 Å². The highest BCUT2D eigenvalue weighted by atomic mass is 16.1. The zero-order chi connectivity index (χ0) is 25.3. The van der Waals surface area contributed by atoms with E-state index in [1.807, 2.05) is 0 Å². The van der Waals surface area contributed by atoms with E-state index in [0.717, 1.165) is 31.1 Å². The van der Waals surface area contributed by atoms with Gasteiger partial charge in [-0.25, -0.2) is 0 Å². The van der Waals surface area contributed by atoms with Gasteiger partial charge in [-0.3, -0.25) is 0 Å². The first-order valence-corrected chi connectivity index (χ1v) is 14.3. The van der Waals surface area contributed by atoms with E-state index in [2.05, 4.69) is 81.0 Å². The number of rotatable bonds is 6. The topological polar surface area (TPSA) is 17.1 Å². The maximum absolute atomic E-state index is 12.5. The highest BCUT2D eigenvalue weighted by molar-refractivity contribution is 5.56. The lowest BCUT2D eigenvalue weighted by Crippen LogP contribution is -2.53. The molecule has 0 aliphatic heterocycles. The molecule has 4 aliphatic rings. The number of fused-ring (bicyclic) bond motifs is 5. The summed E-state index contributed by atoms with van der Waals surface area (Å²) < 4.78 is 0. The maximum atomic E-state index is 12.5. The van der Waals surface area contributed by atoms with Gasteiger partial charge in [0, 0.05) is 11.3 Å². The SMILES string of the molecule is C=C(CCC(C=O)[C@H]1C[C@H](C)[C@@]2(C)C3=CC[C@@H]4C(C)(CCC(C)C4(C)C)C3=CCC12C)C(C)C.